The highest BCUT2D eigenvalue weighted by molar-refractivity contribution is 7.99. The summed E-state index contributed by atoms with van der Waals surface area (Å²) in [5, 5.41) is 2.51. The largest absolute Gasteiger partial charge is 0.497 e. The number of benzene rings is 2. The summed E-state index contributed by atoms with van der Waals surface area (Å²) in [7, 11) is 1.62. The summed E-state index contributed by atoms with van der Waals surface area (Å²) in [4.78, 5) is 12.1. The summed E-state index contributed by atoms with van der Waals surface area (Å²) in [5.74, 6) is -0.786. The Kier molecular flexibility index (Phi) is 7.25. The number of carbonyl (C=O) groups is 1. The molecule has 0 bridgehead atoms. The molecule has 0 aliphatic rings. The maximum absolute atomic E-state index is 13.6. The summed E-state index contributed by atoms with van der Waals surface area (Å²) in [6, 6.07) is 11.7. The molecule has 1 amide bonds. The number of methoxy groups -OCH3 is 1. The topological polar surface area (TPSA) is 38.3 Å². The Labute approximate surface area is 150 Å². The van der Waals surface area contributed by atoms with Crippen molar-refractivity contribution in [3.8, 4) is 5.75 Å². The van der Waals surface area contributed by atoms with E-state index in [1.807, 2.05) is 24.3 Å². The Morgan fingerprint density at radius 3 is 2.60 bits per heavy atom. The molecule has 25 heavy (non-hydrogen) atoms. The first-order valence-corrected chi connectivity index (χ1v) is 9.01. The second-order valence-corrected chi connectivity index (χ2v) is 6.88. The number of carbonyl (C=O) groups excluding carboxylic acids is 1. The van der Waals surface area contributed by atoms with Crippen LogP contribution in [0.5, 0.6) is 5.75 Å². The highest BCUT2D eigenvalue weighted by Gasteiger charge is 2.15. The normalized spacial score (nSPS) is 11.8. The molecule has 1 N–H and O–H groups in total. The van der Waals surface area contributed by atoms with Gasteiger partial charge in [-0.25, -0.2) is 8.78 Å². The molecule has 3 nitrogen and oxygen atoms in total. The molecular formula is C19H21F2NO2S. The summed E-state index contributed by atoms with van der Waals surface area (Å²) in [6.07, 6.45) is 0.714. The molecule has 0 spiro atoms. The zero-order chi connectivity index (χ0) is 18.2. The van der Waals surface area contributed by atoms with Crippen molar-refractivity contribution in [1.82, 2.24) is 5.32 Å². The van der Waals surface area contributed by atoms with Crippen LogP contribution < -0.4 is 10.1 Å². The fourth-order valence-corrected chi connectivity index (χ4v) is 3.10. The Morgan fingerprint density at radius 2 is 1.92 bits per heavy atom. The van der Waals surface area contributed by atoms with Gasteiger partial charge in [0, 0.05) is 17.9 Å². The van der Waals surface area contributed by atoms with Crippen molar-refractivity contribution in [2.24, 2.45) is 0 Å². The van der Waals surface area contributed by atoms with Gasteiger partial charge >= 0.3 is 0 Å². The molecular weight excluding hydrogens is 344 g/mol. The van der Waals surface area contributed by atoms with Gasteiger partial charge in [-0.1, -0.05) is 24.3 Å². The molecule has 2 aromatic carbocycles. The SMILES string of the molecule is COc1ccc(CCNC(=O)C(C)SCc2cccc(F)c2F)cc1. The molecule has 1 atom stereocenters. The minimum Gasteiger partial charge on any atom is -0.497 e. The van der Waals surface area contributed by atoms with E-state index in [0.29, 0.717) is 13.0 Å². The smallest absolute Gasteiger partial charge is 0.232 e. The molecule has 1 unspecified atom stereocenters. The summed E-state index contributed by atoms with van der Waals surface area (Å²) < 4.78 is 31.9. The van der Waals surface area contributed by atoms with Gasteiger partial charge in [0.2, 0.25) is 5.91 Å². The van der Waals surface area contributed by atoms with Crippen LogP contribution in [0, 0.1) is 11.6 Å². The Balaban J connectivity index is 1.75. The Bertz CT molecular complexity index is 707. The van der Waals surface area contributed by atoms with Crippen molar-refractivity contribution in [2.75, 3.05) is 13.7 Å². The van der Waals surface area contributed by atoms with Crippen molar-refractivity contribution < 1.29 is 18.3 Å². The number of amides is 1. The molecule has 2 rings (SSSR count). The third-order valence-corrected chi connectivity index (χ3v) is 4.95. The third-order valence-electron chi connectivity index (χ3n) is 3.76. The van der Waals surface area contributed by atoms with E-state index in [0.717, 1.165) is 17.4 Å². The van der Waals surface area contributed by atoms with Crippen molar-refractivity contribution >= 4 is 17.7 Å². The van der Waals surface area contributed by atoms with Crippen LogP contribution in [0.2, 0.25) is 0 Å². The number of thioether (sulfide) groups is 1. The van der Waals surface area contributed by atoms with Gasteiger partial charge in [-0.05, 0) is 37.1 Å². The van der Waals surface area contributed by atoms with E-state index >= 15 is 0 Å². The van der Waals surface area contributed by atoms with E-state index in [9.17, 15) is 13.6 Å². The predicted molar refractivity (Wildman–Crippen MR) is 96.8 cm³/mol. The fourth-order valence-electron chi connectivity index (χ4n) is 2.22. The van der Waals surface area contributed by atoms with Crippen LogP contribution in [0.25, 0.3) is 0 Å². The van der Waals surface area contributed by atoms with E-state index in [2.05, 4.69) is 5.32 Å². The third kappa shape index (κ3) is 5.74. The van der Waals surface area contributed by atoms with Crippen molar-refractivity contribution in [3.05, 3.63) is 65.2 Å². The predicted octanol–water partition coefficient (Wildman–Crippen LogP) is 3.95. The lowest BCUT2D eigenvalue weighted by Crippen LogP contribution is -2.32. The second kappa shape index (κ2) is 9.42. The van der Waals surface area contributed by atoms with Crippen LogP contribution in [0.4, 0.5) is 8.78 Å². The van der Waals surface area contributed by atoms with E-state index in [1.54, 1.807) is 14.0 Å². The van der Waals surface area contributed by atoms with Gasteiger partial charge in [-0.2, -0.15) is 0 Å². The molecule has 0 saturated carbocycles. The summed E-state index contributed by atoms with van der Waals surface area (Å²) in [5.41, 5.74) is 1.37. The molecule has 2 aromatic rings. The Morgan fingerprint density at radius 1 is 1.20 bits per heavy atom. The van der Waals surface area contributed by atoms with Crippen LogP contribution in [-0.2, 0) is 17.0 Å². The number of hydrogen-bond acceptors (Lipinski definition) is 3. The first-order chi connectivity index (χ1) is 12.0. The van der Waals surface area contributed by atoms with Crippen LogP contribution >= 0.6 is 11.8 Å². The Hall–Kier alpha value is -2.08. The zero-order valence-electron chi connectivity index (χ0n) is 14.2. The minimum absolute atomic E-state index is 0.115. The first kappa shape index (κ1) is 19.2. The highest BCUT2D eigenvalue weighted by atomic mass is 32.2. The van der Waals surface area contributed by atoms with Crippen molar-refractivity contribution in [2.45, 2.75) is 24.3 Å². The minimum atomic E-state index is -0.866. The second-order valence-electron chi connectivity index (χ2n) is 5.56. The van der Waals surface area contributed by atoms with Crippen LogP contribution in [0.15, 0.2) is 42.5 Å². The van der Waals surface area contributed by atoms with Gasteiger partial charge in [0.05, 0.1) is 12.4 Å². The first-order valence-electron chi connectivity index (χ1n) is 7.96. The molecule has 0 saturated heterocycles. The van der Waals surface area contributed by atoms with Gasteiger partial charge in [0.15, 0.2) is 11.6 Å². The standard InChI is InChI=1S/C19H21F2NO2S/c1-13(25-12-15-4-3-5-17(20)18(15)21)19(23)22-11-10-14-6-8-16(24-2)9-7-14/h3-9,13H,10-12H2,1-2H3,(H,22,23). The lowest BCUT2D eigenvalue weighted by molar-refractivity contribution is -0.120. The van der Waals surface area contributed by atoms with Crippen LogP contribution in [0.1, 0.15) is 18.1 Å². The summed E-state index contributed by atoms with van der Waals surface area (Å²) in [6.45, 7) is 2.27. The van der Waals surface area contributed by atoms with Gasteiger partial charge in [-0.3, -0.25) is 4.79 Å². The van der Waals surface area contributed by atoms with Gasteiger partial charge in [-0.15, -0.1) is 11.8 Å². The number of ether oxygens (including phenoxy) is 1. The van der Waals surface area contributed by atoms with Crippen molar-refractivity contribution in [1.29, 1.82) is 0 Å². The molecule has 0 heterocycles. The molecule has 0 aliphatic carbocycles. The average molecular weight is 365 g/mol. The van der Waals surface area contributed by atoms with Crippen LogP contribution in [-0.4, -0.2) is 24.8 Å². The molecule has 0 radical (unpaired) electrons. The maximum atomic E-state index is 13.6. The number of nitrogens with one attached hydrogen (secondary N) is 1. The van der Waals surface area contributed by atoms with E-state index in [1.165, 1.54) is 23.9 Å². The molecule has 0 aromatic heterocycles. The number of hydrogen-bond donors (Lipinski definition) is 1. The van der Waals surface area contributed by atoms with Gasteiger partial charge < -0.3 is 10.1 Å². The lowest BCUT2D eigenvalue weighted by Gasteiger charge is -2.12. The summed E-state index contributed by atoms with van der Waals surface area (Å²) >= 11 is 1.28. The number of rotatable bonds is 8. The quantitative estimate of drug-likeness (QED) is 0.770. The molecule has 0 fully saturated rings. The molecule has 0 aliphatic heterocycles. The zero-order valence-corrected chi connectivity index (χ0v) is 15.0. The van der Waals surface area contributed by atoms with E-state index in [4.69, 9.17) is 4.74 Å². The average Bonchev–Trinajstić information content (AvgIpc) is 2.63. The van der Waals surface area contributed by atoms with Gasteiger partial charge in [0.25, 0.3) is 0 Å². The highest BCUT2D eigenvalue weighted by Crippen LogP contribution is 2.21. The van der Waals surface area contributed by atoms with Gasteiger partial charge in [0.1, 0.15) is 5.75 Å². The number of halogens is 2. The molecule has 6 heteroatoms. The fraction of sp³-hybridized carbons (Fsp3) is 0.316. The molecule has 134 valence electrons. The maximum Gasteiger partial charge on any atom is 0.232 e. The van der Waals surface area contributed by atoms with Crippen LogP contribution in [0.3, 0.4) is 0 Å². The lowest BCUT2D eigenvalue weighted by atomic mass is 10.1. The van der Waals surface area contributed by atoms with E-state index < -0.39 is 11.6 Å². The van der Waals surface area contributed by atoms with Crippen molar-refractivity contribution in [3.63, 3.8) is 0 Å². The van der Waals surface area contributed by atoms with E-state index in [-0.39, 0.29) is 22.5 Å². The monoisotopic (exact) mass is 365 g/mol.